The Morgan fingerprint density at radius 2 is 1.94 bits per heavy atom. The van der Waals surface area contributed by atoms with Crippen LogP contribution in [0.1, 0.15) is 52.7 Å². The Morgan fingerprint density at radius 1 is 1.25 bits per heavy atom. The number of hydrogen-bond donors (Lipinski definition) is 0. The molecule has 0 saturated carbocycles. The van der Waals surface area contributed by atoms with Crippen molar-refractivity contribution in [3.05, 3.63) is 34.2 Å². The van der Waals surface area contributed by atoms with E-state index in [1.165, 1.54) is 0 Å². The van der Waals surface area contributed by atoms with Crippen LogP contribution in [0.2, 0.25) is 0 Å². The molecule has 2 aliphatic heterocycles. The third kappa shape index (κ3) is 4.55. The van der Waals surface area contributed by atoms with Crippen molar-refractivity contribution in [3.63, 3.8) is 0 Å². The lowest BCUT2D eigenvalue weighted by atomic mass is 9.87. The minimum atomic E-state index is -0.613. The van der Waals surface area contributed by atoms with Crippen LogP contribution in [0.25, 0.3) is 11.6 Å². The van der Waals surface area contributed by atoms with Gasteiger partial charge in [-0.25, -0.2) is 0 Å². The molecule has 0 radical (unpaired) electrons. The summed E-state index contributed by atoms with van der Waals surface area (Å²) in [6.07, 6.45) is 3.56. The van der Waals surface area contributed by atoms with E-state index in [9.17, 15) is 14.4 Å². The van der Waals surface area contributed by atoms with E-state index >= 15 is 0 Å². The molecule has 0 N–H and O–H groups in total. The molecule has 0 spiro atoms. The van der Waals surface area contributed by atoms with Gasteiger partial charge in [0.1, 0.15) is 12.3 Å². The molecular formula is C24H30N2O5S. The van der Waals surface area contributed by atoms with Gasteiger partial charge < -0.3 is 14.4 Å². The summed E-state index contributed by atoms with van der Waals surface area (Å²) in [5.74, 6) is -0.513. The van der Waals surface area contributed by atoms with E-state index < -0.39 is 23.7 Å². The zero-order chi connectivity index (χ0) is 23.8. The number of thioether (sulfide) groups is 1. The molecule has 0 aliphatic carbocycles. The Hall–Kier alpha value is -2.74. The van der Waals surface area contributed by atoms with Gasteiger partial charge in [0.05, 0.1) is 23.7 Å². The molecule has 1 aromatic carbocycles. The highest BCUT2D eigenvalue weighted by molar-refractivity contribution is 8.18. The van der Waals surface area contributed by atoms with Crippen molar-refractivity contribution >= 4 is 46.2 Å². The van der Waals surface area contributed by atoms with E-state index in [1.54, 1.807) is 27.0 Å². The number of anilines is 1. The van der Waals surface area contributed by atoms with Gasteiger partial charge in [-0.2, -0.15) is 0 Å². The van der Waals surface area contributed by atoms with Crippen LogP contribution in [0.3, 0.4) is 0 Å². The summed E-state index contributed by atoms with van der Waals surface area (Å²) in [6, 6.07) is 3.96. The van der Waals surface area contributed by atoms with Gasteiger partial charge in [0, 0.05) is 29.4 Å². The largest absolute Gasteiger partial charge is 0.496 e. The fourth-order valence-corrected chi connectivity index (χ4v) is 5.02. The first kappa shape index (κ1) is 23.9. The topological polar surface area (TPSA) is 76.2 Å². The summed E-state index contributed by atoms with van der Waals surface area (Å²) in [7, 11) is 1.58. The van der Waals surface area contributed by atoms with Gasteiger partial charge in [-0.1, -0.05) is 6.08 Å². The van der Waals surface area contributed by atoms with Gasteiger partial charge in [0.25, 0.3) is 11.1 Å². The number of allylic oxidation sites excluding steroid dienone is 1. The van der Waals surface area contributed by atoms with E-state index in [2.05, 4.69) is 38.7 Å². The Bertz CT molecular complexity index is 1030. The number of likely N-dealkylation sites (N-methyl/N-ethyl adjacent to an activating group) is 1. The second-order valence-corrected chi connectivity index (χ2v) is 9.64. The Balaban J connectivity index is 1.97. The maximum Gasteiger partial charge on any atom is 0.326 e. The maximum absolute atomic E-state index is 12.8. The van der Waals surface area contributed by atoms with Gasteiger partial charge in [-0.05, 0) is 71.0 Å². The number of carbonyl (C=O) groups excluding carboxylic acids is 3. The number of benzene rings is 1. The molecule has 1 saturated heterocycles. The van der Waals surface area contributed by atoms with Crippen LogP contribution in [0.15, 0.2) is 23.1 Å². The molecule has 1 fully saturated rings. The normalized spacial score (nSPS) is 18.9. The number of amides is 2. The molecule has 8 heteroatoms. The number of imide groups is 1. The van der Waals surface area contributed by atoms with E-state index in [-0.39, 0.29) is 16.5 Å². The minimum Gasteiger partial charge on any atom is -0.496 e. The smallest absolute Gasteiger partial charge is 0.326 e. The van der Waals surface area contributed by atoms with Crippen molar-refractivity contribution in [2.75, 3.05) is 25.1 Å². The van der Waals surface area contributed by atoms with Crippen molar-refractivity contribution in [1.82, 2.24) is 4.90 Å². The summed E-state index contributed by atoms with van der Waals surface area (Å²) in [5.41, 5.74) is 3.82. The molecule has 2 aliphatic rings. The van der Waals surface area contributed by atoms with Crippen LogP contribution in [-0.2, 0) is 14.3 Å². The monoisotopic (exact) mass is 458 g/mol. The van der Waals surface area contributed by atoms with Crippen LogP contribution in [-0.4, -0.2) is 53.9 Å². The third-order valence-electron chi connectivity index (χ3n) is 5.46. The highest BCUT2D eigenvalue weighted by atomic mass is 32.2. The summed E-state index contributed by atoms with van der Waals surface area (Å²) in [6.45, 7) is 12.4. The summed E-state index contributed by atoms with van der Waals surface area (Å²) >= 11 is 0.810. The fourth-order valence-electron chi connectivity index (χ4n) is 4.20. The average Bonchev–Trinajstić information content (AvgIpc) is 2.94. The van der Waals surface area contributed by atoms with Gasteiger partial charge in [0.15, 0.2) is 0 Å². The van der Waals surface area contributed by atoms with Crippen LogP contribution in [0.5, 0.6) is 5.75 Å². The third-order valence-corrected chi connectivity index (χ3v) is 6.37. The highest BCUT2D eigenvalue weighted by Gasteiger charge is 2.37. The maximum atomic E-state index is 12.8. The molecule has 0 aromatic heterocycles. The first-order chi connectivity index (χ1) is 15.0. The average molecular weight is 459 g/mol. The van der Waals surface area contributed by atoms with Crippen molar-refractivity contribution in [2.45, 2.75) is 53.2 Å². The van der Waals surface area contributed by atoms with Crippen LogP contribution < -0.4 is 9.64 Å². The lowest BCUT2D eigenvalue weighted by molar-refractivity contribution is -0.149. The molecule has 3 rings (SSSR count). The number of methoxy groups -OCH3 is 1. The molecule has 0 bridgehead atoms. The van der Waals surface area contributed by atoms with Crippen molar-refractivity contribution < 1.29 is 23.9 Å². The van der Waals surface area contributed by atoms with E-state index in [1.807, 2.05) is 12.1 Å². The molecule has 0 atom stereocenters. The molecule has 2 amide bonds. The van der Waals surface area contributed by atoms with Gasteiger partial charge in [0.2, 0.25) is 0 Å². The number of fused-ring (bicyclic) bond motifs is 1. The number of rotatable bonds is 6. The number of hydrogen-bond acceptors (Lipinski definition) is 7. The van der Waals surface area contributed by atoms with Crippen LogP contribution in [0, 0.1) is 0 Å². The van der Waals surface area contributed by atoms with E-state index in [4.69, 9.17) is 9.47 Å². The summed E-state index contributed by atoms with van der Waals surface area (Å²) in [4.78, 5) is 40.6. The van der Waals surface area contributed by atoms with E-state index in [0.29, 0.717) is 11.3 Å². The van der Waals surface area contributed by atoms with Crippen LogP contribution in [0.4, 0.5) is 10.5 Å². The molecule has 0 unspecified atom stereocenters. The molecular weight excluding hydrogens is 428 g/mol. The molecule has 172 valence electrons. The predicted molar refractivity (Wildman–Crippen MR) is 128 cm³/mol. The molecule has 7 nitrogen and oxygen atoms in total. The number of esters is 1. The van der Waals surface area contributed by atoms with Crippen LogP contribution >= 0.6 is 11.8 Å². The second kappa shape index (κ2) is 9.02. The zero-order valence-corrected chi connectivity index (χ0v) is 20.5. The minimum absolute atomic E-state index is 0.133. The van der Waals surface area contributed by atoms with Gasteiger partial charge in [-0.15, -0.1) is 0 Å². The first-order valence-corrected chi connectivity index (χ1v) is 11.4. The van der Waals surface area contributed by atoms with E-state index in [0.717, 1.165) is 40.0 Å². The first-order valence-electron chi connectivity index (χ1n) is 10.6. The zero-order valence-electron chi connectivity index (χ0n) is 19.6. The number of nitrogens with zero attached hydrogens (tertiary/aromatic N) is 2. The predicted octanol–water partition coefficient (Wildman–Crippen LogP) is 4.70. The Labute approximate surface area is 193 Å². The highest BCUT2D eigenvalue weighted by Crippen LogP contribution is 2.43. The summed E-state index contributed by atoms with van der Waals surface area (Å²) < 4.78 is 10.7. The molecule has 2 heterocycles. The second-order valence-electron chi connectivity index (χ2n) is 8.64. The molecule has 1 aromatic rings. The lowest BCUT2D eigenvalue weighted by Gasteiger charge is -2.43. The number of ether oxygens (including phenoxy) is 2. The van der Waals surface area contributed by atoms with Gasteiger partial charge in [-0.3, -0.25) is 19.3 Å². The Morgan fingerprint density at radius 3 is 2.53 bits per heavy atom. The van der Waals surface area contributed by atoms with Crippen molar-refractivity contribution in [1.29, 1.82) is 0 Å². The number of carbonyl (C=O) groups is 3. The van der Waals surface area contributed by atoms with Gasteiger partial charge >= 0.3 is 5.97 Å². The SMILES string of the molecule is CCN1c2cc(OC)c(/C=C3\SC(=O)N(CC(=O)OC(C)C)C3=O)cc2C(C)=CC1(C)C. The van der Waals surface area contributed by atoms with Crippen molar-refractivity contribution in [2.24, 2.45) is 0 Å². The standard InChI is InChI=1S/C24H30N2O5S/c1-8-26-18-11-19(30-7)16(9-17(18)15(4)12-24(26,5)6)10-20-22(28)25(23(29)32-20)13-21(27)31-14(2)3/h9-12,14H,8,13H2,1-7H3/b20-10-. The Kier molecular flexibility index (Phi) is 6.74. The summed E-state index contributed by atoms with van der Waals surface area (Å²) in [5, 5.41) is -0.492. The quantitative estimate of drug-likeness (QED) is 0.451. The fraction of sp³-hybridized carbons (Fsp3) is 0.458. The molecule has 32 heavy (non-hydrogen) atoms. The van der Waals surface area contributed by atoms with Crippen molar-refractivity contribution in [3.8, 4) is 5.75 Å². The lowest BCUT2D eigenvalue weighted by Crippen LogP contribution is -2.44.